The Balaban J connectivity index is 2.41. The van der Waals surface area contributed by atoms with Gasteiger partial charge in [0.05, 0.1) is 6.10 Å². The van der Waals surface area contributed by atoms with Gasteiger partial charge in [-0.25, -0.2) is 0 Å². The van der Waals surface area contributed by atoms with Crippen LogP contribution in [-0.2, 0) is 9.53 Å². The van der Waals surface area contributed by atoms with Crippen molar-refractivity contribution in [2.45, 2.75) is 78.2 Å². The van der Waals surface area contributed by atoms with Crippen LogP contribution in [0.5, 0.6) is 0 Å². The molecule has 4 atom stereocenters. The Bertz CT molecular complexity index is 281. The first-order chi connectivity index (χ1) is 8.93. The zero-order chi connectivity index (χ0) is 14.4. The molecule has 1 aliphatic rings. The Morgan fingerprint density at radius 1 is 1.37 bits per heavy atom. The second kappa shape index (κ2) is 7.85. The van der Waals surface area contributed by atoms with Gasteiger partial charge in [-0.15, -0.1) is 0 Å². The molecule has 0 spiro atoms. The van der Waals surface area contributed by atoms with E-state index < -0.39 is 0 Å². The van der Waals surface area contributed by atoms with Crippen LogP contribution in [-0.4, -0.2) is 36.7 Å². The molecule has 1 fully saturated rings. The number of amides is 1. The minimum atomic E-state index is -0.368. The van der Waals surface area contributed by atoms with Crippen LogP contribution >= 0.6 is 0 Å². The van der Waals surface area contributed by atoms with Crippen molar-refractivity contribution in [3.63, 3.8) is 0 Å². The van der Waals surface area contributed by atoms with Crippen LogP contribution in [0.3, 0.4) is 0 Å². The van der Waals surface area contributed by atoms with Gasteiger partial charge in [-0.1, -0.05) is 20.8 Å². The third-order valence-corrected chi connectivity index (χ3v) is 3.70. The van der Waals surface area contributed by atoms with Gasteiger partial charge in [0, 0.05) is 18.6 Å². The molecule has 4 heteroatoms. The number of ether oxygens (including phenoxy) is 1. The van der Waals surface area contributed by atoms with Crippen LogP contribution in [0.15, 0.2) is 0 Å². The SMILES string of the molecule is CCC1NC(C)CCC1OC(C)C(=O)NCC(C)C. The first kappa shape index (κ1) is 16.4. The molecule has 1 aliphatic heterocycles. The fourth-order valence-corrected chi connectivity index (χ4v) is 2.49. The summed E-state index contributed by atoms with van der Waals surface area (Å²) < 4.78 is 5.96. The van der Waals surface area contributed by atoms with Crippen molar-refractivity contribution in [2.75, 3.05) is 6.54 Å². The quantitative estimate of drug-likeness (QED) is 0.777. The number of nitrogens with one attached hydrogen (secondary N) is 2. The lowest BCUT2D eigenvalue weighted by Crippen LogP contribution is -2.52. The van der Waals surface area contributed by atoms with Crippen molar-refractivity contribution in [3.8, 4) is 0 Å². The molecule has 4 nitrogen and oxygen atoms in total. The molecule has 1 rings (SSSR count). The molecule has 0 aromatic heterocycles. The molecule has 1 saturated heterocycles. The second-order valence-electron chi connectivity index (χ2n) is 6.12. The topological polar surface area (TPSA) is 50.4 Å². The lowest BCUT2D eigenvalue weighted by molar-refractivity contribution is -0.138. The standard InChI is InChI=1S/C15H30N2O2/c1-6-13-14(8-7-11(4)17-13)19-12(5)15(18)16-9-10(2)3/h10-14,17H,6-9H2,1-5H3,(H,16,18). The molecule has 0 saturated carbocycles. The van der Waals surface area contributed by atoms with Gasteiger partial charge in [0.25, 0.3) is 0 Å². The van der Waals surface area contributed by atoms with E-state index in [0.29, 0.717) is 24.5 Å². The predicted molar refractivity (Wildman–Crippen MR) is 78.1 cm³/mol. The maximum Gasteiger partial charge on any atom is 0.248 e. The number of rotatable bonds is 6. The number of hydrogen-bond acceptors (Lipinski definition) is 3. The molecule has 1 amide bonds. The summed E-state index contributed by atoms with van der Waals surface area (Å²) in [6.45, 7) is 11.1. The minimum absolute atomic E-state index is 0.00201. The highest BCUT2D eigenvalue weighted by Crippen LogP contribution is 2.20. The zero-order valence-electron chi connectivity index (χ0n) is 13.0. The van der Waals surface area contributed by atoms with Crippen molar-refractivity contribution in [3.05, 3.63) is 0 Å². The maximum atomic E-state index is 11.9. The fraction of sp³-hybridized carbons (Fsp3) is 0.933. The molecule has 112 valence electrons. The summed E-state index contributed by atoms with van der Waals surface area (Å²) in [4.78, 5) is 11.9. The average Bonchev–Trinajstić information content (AvgIpc) is 2.37. The molecule has 0 aromatic carbocycles. The van der Waals surface area contributed by atoms with E-state index in [4.69, 9.17) is 4.74 Å². The zero-order valence-corrected chi connectivity index (χ0v) is 13.0. The Morgan fingerprint density at radius 3 is 2.63 bits per heavy atom. The van der Waals surface area contributed by atoms with Crippen molar-refractivity contribution in [2.24, 2.45) is 5.92 Å². The summed E-state index contributed by atoms with van der Waals surface area (Å²) in [6.07, 6.45) is 2.97. The number of carbonyl (C=O) groups is 1. The van der Waals surface area contributed by atoms with Crippen LogP contribution < -0.4 is 10.6 Å². The smallest absolute Gasteiger partial charge is 0.248 e. The fourth-order valence-electron chi connectivity index (χ4n) is 2.49. The third kappa shape index (κ3) is 5.49. The predicted octanol–water partition coefficient (Wildman–Crippen LogP) is 2.08. The van der Waals surface area contributed by atoms with Crippen LogP contribution in [0.25, 0.3) is 0 Å². The third-order valence-electron chi connectivity index (χ3n) is 3.70. The van der Waals surface area contributed by atoms with Gasteiger partial charge in [-0.05, 0) is 39.0 Å². The van der Waals surface area contributed by atoms with Gasteiger partial charge < -0.3 is 15.4 Å². The van der Waals surface area contributed by atoms with Gasteiger partial charge in [-0.2, -0.15) is 0 Å². The van der Waals surface area contributed by atoms with E-state index >= 15 is 0 Å². The van der Waals surface area contributed by atoms with Gasteiger partial charge >= 0.3 is 0 Å². The number of hydrogen-bond donors (Lipinski definition) is 2. The summed E-state index contributed by atoms with van der Waals surface area (Å²) in [6, 6.07) is 0.916. The molecule has 2 N–H and O–H groups in total. The molecule has 19 heavy (non-hydrogen) atoms. The van der Waals surface area contributed by atoms with Gasteiger partial charge in [0.2, 0.25) is 5.91 Å². The first-order valence-electron chi connectivity index (χ1n) is 7.63. The Kier molecular flexibility index (Phi) is 6.80. The first-order valence-corrected chi connectivity index (χ1v) is 7.63. The summed E-state index contributed by atoms with van der Waals surface area (Å²) in [5.74, 6) is 0.471. The summed E-state index contributed by atoms with van der Waals surface area (Å²) >= 11 is 0. The molecule has 0 radical (unpaired) electrons. The molecular weight excluding hydrogens is 240 g/mol. The number of carbonyl (C=O) groups excluding carboxylic acids is 1. The van der Waals surface area contributed by atoms with E-state index in [-0.39, 0.29) is 18.1 Å². The van der Waals surface area contributed by atoms with Crippen molar-refractivity contribution < 1.29 is 9.53 Å². The Morgan fingerprint density at radius 2 is 2.05 bits per heavy atom. The normalized spacial score (nSPS) is 29.3. The molecule has 4 unspecified atom stereocenters. The van der Waals surface area contributed by atoms with Crippen LogP contribution in [0.2, 0.25) is 0 Å². The summed E-state index contributed by atoms with van der Waals surface area (Å²) in [5.41, 5.74) is 0. The van der Waals surface area contributed by atoms with Crippen molar-refractivity contribution >= 4 is 5.91 Å². The Labute approximate surface area is 117 Å². The van der Waals surface area contributed by atoms with Crippen LogP contribution in [0.1, 0.15) is 53.9 Å². The van der Waals surface area contributed by atoms with Gasteiger partial charge in [-0.3, -0.25) is 4.79 Å². The Hall–Kier alpha value is -0.610. The van der Waals surface area contributed by atoms with E-state index in [1.54, 1.807) is 0 Å². The van der Waals surface area contributed by atoms with Crippen molar-refractivity contribution in [1.82, 2.24) is 10.6 Å². The molecule has 0 bridgehead atoms. The van der Waals surface area contributed by atoms with E-state index in [9.17, 15) is 4.79 Å². The summed E-state index contributed by atoms with van der Waals surface area (Å²) in [5, 5.41) is 6.48. The van der Waals surface area contributed by atoms with Crippen LogP contribution in [0, 0.1) is 5.92 Å². The lowest BCUT2D eigenvalue weighted by atomic mass is 9.94. The lowest BCUT2D eigenvalue weighted by Gasteiger charge is -2.36. The van der Waals surface area contributed by atoms with Crippen molar-refractivity contribution in [1.29, 1.82) is 0 Å². The highest BCUT2D eigenvalue weighted by molar-refractivity contribution is 5.80. The average molecular weight is 270 g/mol. The molecule has 0 aliphatic carbocycles. The highest BCUT2D eigenvalue weighted by Gasteiger charge is 2.30. The van der Waals surface area contributed by atoms with Crippen LogP contribution in [0.4, 0.5) is 0 Å². The van der Waals surface area contributed by atoms with E-state index in [1.807, 2.05) is 6.92 Å². The van der Waals surface area contributed by atoms with Gasteiger partial charge in [0.15, 0.2) is 0 Å². The second-order valence-corrected chi connectivity index (χ2v) is 6.12. The van der Waals surface area contributed by atoms with E-state index in [2.05, 4.69) is 38.3 Å². The summed E-state index contributed by atoms with van der Waals surface area (Å²) in [7, 11) is 0. The molecule has 0 aromatic rings. The number of piperidine rings is 1. The van der Waals surface area contributed by atoms with Gasteiger partial charge in [0.1, 0.15) is 6.10 Å². The molecule has 1 heterocycles. The largest absolute Gasteiger partial charge is 0.364 e. The van der Waals surface area contributed by atoms with E-state index in [0.717, 1.165) is 19.3 Å². The maximum absolute atomic E-state index is 11.9. The highest BCUT2D eigenvalue weighted by atomic mass is 16.5. The monoisotopic (exact) mass is 270 g/mol. The molecular formula is C15H30N2O2. The van der Waals surface area contributed by atoms with E-state index in [1.165, 1.54) is 0 Å². The minimum Gasteiger partial charge on any atom is -0.364 e.